The van der Waals surface area contributed by atoms with Gasteiger partial charge in [-0.05, 0) is 54.9 Å². The van der Waals surface area contributed by atoms with E-state index in [2.05, 4.69) is 6.58 Å². The molecular weight excluding hydrogens is 335 g/mol. The molecule has 26 heavy (non-hydrogen) atoms. The van der Waals surface area contributed by atoms with E-state index in [1.54, 1.807) is 12.2 Å². The smallest absolute Gasteiger partial charge is 0.163 e. The van der Waals surface area contributed by atoms with Gasteiger partial charge in [-0.25, -0.2) is 4.39 Å². The molecular formula is C21H25FO4. The van der Waals surface area contributed by atoms with E-state index in [1.807, 2.05) is 6.92 Å². The van der Waals surface area contributed by atoms with Gasteiger partial charge in [0.1, 0.15) is 5.82 Å². The number of hydrogen-bond acceptors (Lipinski definition) is 4. The molecule has 1 aromatic carbocycles. The quantitative estimate of drug-likeness (QED) is 0.780. The summed E-state index contributed by atoms with van der Waals surface area (Å²) >= 11 is 0. The summed E-state index contributed by atoms with van der Waals surface area (Å²) in [7, 11) is 1.39. The number of aromatic hydroxyl groups is 1. The average Bonchev–Trinajstić information content (AvgIpc) is 3.02. The highest BCUT2D eigenvalue weighted by molar-refractivity contribution is 5.94. The zero-order valence-corrected chi connectivity index (χ0v) is 15.3. The van der Waals surface area contributed by atoms with Crippen LogP contribution in [0.4, 0.5) is 4.39 Å². The number of carbonyl (C=O) groups excluding carboxylic acids is 1. The monoisotopic (exact) mass is 360 g/mol. The van der Waals surface area contributed by atoms with Crippen LogP contribution in [-0.2, 0) is 16.0 Å². The fraction of sp³-hybridized carbons (Fsp3) is 0.476. The minimum atomic E-state index is -0.552. The van der Waals surface area contributed by atoms with Crippen LogP contribution in [0.15, 0.2) is 36.4 Å². The van der Waals surface area contributed by atoms with Gasteiger partial charge in [0.15, 0.2) is 17.3 Å². The minimum absolute atomic E-state index is 0.0426. The Kier molecular flexibility index (Phi) is 5.19. The van der Waals surface area contributed by atoms with Gasteiger partial charge in [0.25, 0.3) is 0 Å². The highest BCUT2D eigenvalue weighted by atomic mass is 19.1. The van der Waals surface area contributed by atoms with Gasteiger partial charge in [-0.15, -0.1) is 6.58 Å². The fourth-order valence-corrected chi connectivity index (χ4v) is 4.25. The zero-order valence-electron chi connectivity index (χ0n) is 15.3. The Bertz CT molecular complexity index is 755. The number of carbonyl (C=O) groups is 1. The molecule has 1 aliphatic heterocycles. The van der Waals surface area contributed by atoms with E-state index in [1.165, 1.54) is 19.2 Å². The second-order valence-electron chi connectivity index (χ2n) is 7.21. The van der Waals surface area contributed by atoms with Gasteiger partial charge in [0.05, 0.1) is 19.3 Å². The van der Waals surface area contributed by atoms with Crippen LogP contribution in [0.1, 0.15) is 31.7 Å². The zero-order chi connectivity index (χ0) is 18.9. The van der Waals surface area contributed by atoms with Gasteiger partial charge in [0.2, 0.25) is 0 Å². The Balaban J connectivity index is 1.89. The van der Waals surface area contributed by atoms with Crippen molar-refractivity contribution < 1.29 is 23.8 Å². The number of benzene rings is 1. The molecule has 1 fully saturated rings. The lowest BCUT2D eigenvalue weighted by molar-refractivity contribution is -0.123. The van der Waals surface area contributed by atoms with Crippen molar-refractivity contribution in [3.05, 3.63) is 47.8 Å². The lowest BCUT2D eigenvalue weighted by Gasteiger charge is -2.41. The molecule has 0 spiro atoms. The third kappa shape index (κ3) is 3.16. The van der Waals surface area contributed by atoms with E-state index >= 15 is 0 Å². The predicted molar refractivity (Wildman–Crippen MR) is 96.8 cm³/mol. The molecule has 2 aliphatic rings. The van der Waals surface area contributed by atoms with Crippen molar-refractivity contribution in [2.75, 3.05) is 13.7 Å². The highest BCUT2D eigenvalue weighted by Crippen LogP contribution is 2.47. The molecule has 1 N–H and O–H groups in total. The molecule has 1 unspecified atom stereocenters. The van der Waals surface area contributed by atoms with E-state index in [4.69, 9.17) is 9.47 Å². The Labute approximate surface area is 153 Å². The third-order valence-electron chi connectivity index (χ3n) is 5.66. The number of methoxy groups -OCH3 is 1. The van der Waals surface area contributed by atoms with Crippen molar-refractivity contribution in [3.63, 3.8) is 0 Å². The maximum Gasteiger partial charge on any atom is 0.163 e. The number of rotatable bonds is 6. The van der Waals surface area contributed by atoms with Crippen molar-refractivity contribution in [2.24, 2.45) is 11.8 Å². The number of hydrogen-bond donors (Lipinski definition) is 1. The Morgan fingerprint density at radius 3 is 3.00 bits per heavy atom. The summed E-state index contributed by atoms with van der Waals surface area (Å²) in [6.07, 6.45) is 5.81. The number of allylic oxidation sites excluding steroid dienone is 2. The average molecular weight is 360 g/mol. The minimum Gasteiger partial charge on any atom is -0.504 e. The molecule has 1 aliphatic carbocycles. The van der Waals surface area contributed by atoms with E-state index in [0.29, 0.717) is 31.4 Å². The maximum absolute atomic E-state index is 14.4. The fourth-order valence-electron chi connectivity index (χ4n) is 4.25. The third-order valence-corrected chi connectivity index (χ3v) is 5.66. The first-order valence-electron chi connectivity index (χ1n) is 8.96. The molecule has 0 aromatic heterocycles. The summed E-state index contributed by atoms with van der Waals surface area (Å²) in [4.78, 5) is 12.3. The molecule has 3 rings (SSSR count). The molecule has 5 heteroatoms. The van der Waals surface area contributed by atoms with Crippen LogP contribution in [-0.4, -0.2) is 30.2 Å². The molecule has 4 nitrogen and oxygen atoms in total. The summed E-state index contributed by atoms with van der Waals surface area (Å²) in [5.41, 5.74) is 0.870. The number of phenols is 1. The first kappa shape index (κ1) is 18.6. The van der Waals surface area contributed by atoms with Crippen molar-refractivity contribution in [3.8, 4) is 11.5 Å². The van der Waals surface area contributed by atoms with Crippen LogP contribution in [0.2, 0.25) is 0 Å². The summed E-state index contributed by atoms with van der Waals surface area (Å²) < 4.78 is 25.5. The first-order valence-corrected chi connectivity index (χ1v) is 8.96. The molecule has 140 valence electrons. The van der Waals surface area contributed by atoms with Gasteiger partial charge in [-0.3, -0.25) is 4.79 Å². The molecule has 0 bridgehead atoms. The largest absolute Gasteiger partial charge is 0.504 e. The number of phenolic OH excluding ortho intramolecular Hbond substituents is 1. The summed E-state index contributed by atoms with van der Waals surface area (Å²) in [5.74, 6) is -0.448. The normalized spacial score (nSPS) is 26.2. The number of ketones is 1. The SMILES string of the molecule is C=CC[C@H]1C[C@]2(C(C)Cc3cc(O)c(OC)cc3F)OCCC2=CC1=O. The summed E-state index contributed by atoms with van der Waals surface area (Å²) in [6.45, 7) is 6.33. The molecule has 1 aromatic rings. The number of halogens is 1. The second kappa shape index (κ2) is 7.23. The first-order chi connectivity index (χ1) is 12.4. The van der Waals surface area contributed by atoms with Gasteiger partial charge < -0.3 is 14.6 Å². The van der Waals surface area contributed by atoms with Gasteiger partial charge in [-0.2, -0.15) is 0 Å². The number of fused-ring (bicyclic) bond motifs is 1. The molecule has 0 radical (unpaired) electrons. The molecule has 0 amide bonds. The Morgan fingerprint density at radius 2 is 2.31 bits per heavy atom. The van der Waals surface area contributed by atoms with Gasteiger partial charge in [-0.1, -0.05) is 13.0 Å². The van der Waals surface area contributed by atoms with Crippen molar-refractivity contribution in [1.82, 2.24) is 0 Å². The Hall–Kier alpha value is -2.14. The highest BCUT2D eigenvalue weighted by Gasteiger charge is 2.49. The van der Waals surface area contributed by atoms with Gasteiger partial charge >= 0.3 is 0 Å². The lowest BCUT2D eigenvalue weighted by atomic mass is 9.68. The van der Waals surface area contributed by atoms with Crippen molar-refractivity contribution in [2.45, 2.75) is 38.2 Å². The van der Waals surface area contributed by atoms with Crippen LogP contribution in [0, 0.1) is 17.7 Å². The van der Waals surface area contributed by atoms with E-state index in [9.17, 15) is 14.3 Å². The van der Waals surface area contributed by atoms with E-state index in [-0.39, 0.29) is 29.1 Å². The van der Waals surface area contributed by atoms with Gasteiger partial charge in [0, 0.05) is 12.0 Å². The summed E-state index contributed by atoms with van der Waals surface area (Å²) in [5, 5.41) is 9.98. The lowest BCUT2D eigenvalue weighted by Crippen LogP contribution is -2.44. The van der Waals surface area contributed by atoms with Crippen molar-refractivity contribution in [1.29, 1.82) is 0 Å². The van der Waals surface area contributed by atoms with Crippen LogP contribution < -0.4 is 4.74 Å². The topological polar surface area (TPSA) is 55.8 Å². The van der Waals surface area contributed by atoms with Crippen LogP contribution >= 0.6 is 0 Å². The van der Waals surface area contributed by atoms with E-state index < -0.39 is 11.4 Å². The standard InChI is InChI=1S/C21H25FO4/c1-4-5-14-12-21(16(6-7-26-21)10-18(14)23)13(2)8-15-9-19(24)20(25-3)11-17(15)22/h4,9-11,13-14,24H,1,5-8,12H2,2-3H3/t13?,14-,21+/m0/s1. The molecule has 3 atom stereocenters. The van der Waals surface area contributed by atoms with E-state index in [0.717, 1.165) is 12.0 Å². The Morgan fingerprint density at radius 1 is 1.54 bits per heavy atom. The number of ether oxygens (including phenoxy) is 2. The predicted octanol–water partition coefficient (Wildman–Crippen LogP) is 3.97. The van der Waals surface area contributed by atoms with Crippen LogP contribution in [0.25, 0.3) is 0 Å². The second-order valence-corrected chi connectivity index (χ2v) is 7.21. The molecule has 1 saturated heterocycles. The van der Waals surface area contributed by atoms with Crippen LogP contribution in [0.3, 0.4) is 0 Å². The van der Waals surface area contributed by atoms with Crippen LogP contribution in [0.5, 0.6) is 11.5 Å². The van der Waals surface area contributed by atoms with Crippen molar-refractivity contribution >= 4 is 5.78 Å². The molecule has 1 heterocycles. The maximum atomic E-state index is 14.4. The molecule has 0 saturated carbocycles. The summed E-state index contributed by atoms with van der Waals surface area (Å²) in [6, 6.07) is 2.61.